The monoisotopic (exact) mass is 207 g/mol. The van der Waals surface area contributed by atoms with E-state index in [0.717, 1.165) is 13.1 Å². The van der Waals surface area contributed by atoms with Crippen LogP contribution in [-0.2, 0) is 4.74 Å². The molecule has 0 spiro atoms. The Morgan fingerprint density at radius 3 is 2.14 bits per heavy atom. The van der Waals surface area contributed by atoms with E-state index in [1.54, 1.807) is 0 Å². The second-order valence-corrected chi connectivity index (χ2v) is 3.34. The van der Waals surface area contributed by atoms with Crippen LogP contribution < -0.4 is 0 Å². The molecule has 0 fully saturated rings. The third kappa shape index (κ3) is 11.8. The van der Waals surface area contributed by atoms with Crippen LogP contribution in [0.3, 0.4) is 0 Å². The maximum absolute atomic E-state index is 12.2. The predicted octanol–water partition coefficient (Wildman–Crippen LogP) is 2.93. The van der Waals surface area contributed by atoms with E-state index in [0.29, 0.717) is 12.5 Å². The van der Waals surface area contributed by atoms with Gasteiger partial charge in [0.05, 0.1) is 6.61 Å². The van der Waals surface area contributed by atoms with Crippen molar-refractivity contribution in [3.05, 3.63) is 0 Å². The summed E-state index contributed by atoms with van der Waals surface area (Å²) in [5.41, 5.74) is 0. The molecule has 0 aliphatic rings. The first-order valence-electron chi connectivity index (χ1n) is 5.50. The Morgan fingerprint density at radius 1 is 1.29 bits per heavy atom. The molecule has 0 N–H and O–H groups in total. The number of ether oxygens (including phenoxy) is 1. The van der Waals surface area contributed by atoms with Crippen LogP contribution in [0.4, 0.5) is 4.39 Å². The maximum atomic E-state index is 12.2. The van der Waals surface area contributed by atoms with Crippen LogP contribution in [-0.4, -0.2) is 38.0 Å². The first kappa shape index (κ1) is 16.3. The molecule has 0 bridgehead atoms. The zero-order valence-corrected chi connectivity index (χ0v) is 10.5. The van der Waals surface area contributed by atoms with Gasteiger partial charge in [0.25, 0.3) is 0 Å². The number of nitrogens with zero attached hydrogens (tertiary/aromatic N) is 1. The minimum atomic E-state index is -1.14. The van der Waals surface area contributed by atoms with Gasteiger partial charge in [-0.15, -0.1) is 0 Å². The van der Waals surface area contributed by atoms with E-state index < -0.39 is 6.36 Å². The number of halogens is 1. The van der Waals surface area contributed by atoms with Gasteiger partial charge in [0.2, 0.25) is 0 Å². The summed E-state index contributed by atoms with van der Waals surface area (Å²) < 4.78 is 17.1. The Labute approximate surface area is 88.4 Å². The number of rotatable bonds is 6. The molecule has 0 rings (SSSR count). The number of hydrogen-bond acceptors (Lipinski definition) is 2. The Morgan fingerprint density at radius 2 is 1.79 bits per heavy atom. The molecule has 0 saturated carbocycles. The first-order chi connectivity index (χ1) is 6.56. The standard InChI is InChI=1S/C9H20FNO.C2H6/c1-5-11(4)6-8(2)7-12-9(3)10;1-2/h8-9H,5-7H2,1-4H3;1-2H3. The van der Waals surface area contributed by atoms with Crippen LogP contribution in [0.2, 0.25) is 0 Å². The van der Waals surface area contributed by atoms with Gasteiger partial charge in [-0.25, -0.2) is 4.39 Å². The number of hydrogen-bond donors (Lipinski definition) is 0. The summed E-state index contributed by atoms with van der Waals surface area (Å²) in [7, 11) is 2.05. The molecular weight excluding hydrogens is 181 g/mol. The molecule has 0 aromatic rings. The summed E-state index contributed by atoms with van der Waals surface area (Å²) in [4.78, 5) is 2.19. The lowest BCUT2D eigenvalue weighted by molar-refractivity contribution is -0.0409. The van der Waals surface area contributed by atoms with Gasteiger partial charge in [0, 0.05) is 6.54 Å². The average Bonchev–Trinajstić information content (AvgIpc) is 2.17. The van der Waals surface area contributed by atoms with E-state index in [1.165, 1.54) is 6.92 Å². The lowest BCUT2D eigenvalue weighted by Crippen LogP contribution is -2.27. The van der Waals surface area contributed by atoms with E-state index in [2.05, 4.69) is 25.8 Å². The zero-order valence-electron chi connectivity index (χ0n) is 10.5. The van der Waals surface area contributed by atoms with Gasteiger partial charge in [-0.1, -0.05) is 27.7 Å². The summed E-state index contributed by atoms with van der Waals surface area (Å²) >= 11 is 0. The summed E-state index contributed by atoms with van der Waals surface area (Å²) in [6, 6.07) is 0. The van der Waals surface area contributed by atoms with Crippen molar-refractivity contribution in [2.45, 2.75) is 41.0 Å². The second kappa shape index (κ2) is 10.9. The van der Waals surface area contributed by atoms with Gasteiger partial charge in [-0.05, 0) is 26.4 Å². The van der Waals surface area contributed by atoms with Crippen molar-refractivity contribution in [2.24, 2.45) is 5.92 Å². The highest BCUT2D eigenvalue weighted by atomic mass is 19.1. The van der Waals surface area contributed by atoms with Crippen LogP contribution >= 0.6 is 0 Å². The van der Waals surface area contributed by atoms with Crippen molar-refractivity contribution in [3.8, 4) is 0 Å². The van der Waals surface area contributed by atoms with Gasteiger partial charge >= 0.3 is 0 Å². The lowest BCUT2D eigenvalue weighted by atomic mass is 10.2. The molecule has 0 amide bonds. The Hall–Kier alpha value is -0.150. The van der Waals surface area contributed by atoms with E-state index in [4.69, 9.17) is 4.74 Å². The minimum Gasteiger partial charge on any atom is -0.348 e. The summed E-state index contributed by atoms with van der Waals surface area (Å²) in [6.07, 6.45) is -1.14. The molecule has 14 heavy (non-hydrogen) atoms. The van der Waals surface area contributed by atoms with E-state index >= 15 is 0 Å². The summed E-state index contributed by atoms with van der Waals surface area (Å²) in [5.74, 6) is 0.396. The van der Waals surface area contributed by atoms with E-state index in [1.807, 2.05) is 13.8 Å². The Balaban J connectivity index is 0. The molecule has 0 aliphatic heterocycles. The van der Waals surface area contributed by atoms with Gasteiger partial charge in [0.1, 0.15) is 0 Å². The topological polar surface area (TPSA) is 12.5 Å². The molecule has 0 aromatic carbocycles. The van der Waals surface area contributed by atoms with Crippen molar-refractivity contribution in [3.63, 3.8) is 0 Å². The van der Waals surface area contributed by atoms with Crippen LogP contribution in [0.25, 0.3) is 0 Å². The second-order valence-electron chi connectivity index (χ2n) is 3.34. The van der Waals surface area contributed by atoms with Crippen LogP contribution in [0.1, 0.15) is 34.6 Å². The smallest absolute Gasteiger partial charge is 0.195 e. The summed E-state index contributed by atoms with van der Waals surface area (Å²) in [6.45, 7) is 12.1. The van der Waals surface area contributed by atoms with E-state index in [9.17, 15) is 4.39 Å². The quantitative estimate of drug-likeness (QED) is 0.664. The average molecular weight is 207 g/mol. The minimum absolute atomic E-state index is 0.396. The normalized spacial score (nSPS) is 14.6. The van der Waals surface area contributed by atoms with Gasteiger partial charge in [0.15, 0.2) is 6.36 Å². The first-order valence-corrected chi connectivity index (χ1v) is 5.50. The van der Waals surface area contributed by atoms with Crippen molar-refractivity contribution in [2.75, 3.05) is 26.7 Å². The molecule has 0 heterocycles. The molecular formula is C11H26FNO. The third-order valence-electron chi connectivity index (χ3n) is 1.77. The fourth-order valence-corrected chi connectivity index (χ4v) is 1.01. The highest BCUT2D eigenvalue weighted by molar-refractivity contribution is 4.56. The molecule has 2 atom stereocenters. The molecule has 88 valence electrons. The van der Waals surface area contributed by atoms with Gasteiger partial charge < -0.3 is 9.64 Å². The summed E-state index contributed by atoms with van der Waals surface area (Å²) in [5, 5.41) is 0. The van der Waals surface area contributed by atoms with Crippen molar-refractivity contribution < 1.29 is 9.13 Å². The fraction of sp³-hybridized carbons (Fsp3) is 1.00. The molecule has 3 heteroatoms. The van der Waals surface area contributed by atoms with Crippen LogP contribution in [0.5, 0.6) is 0 Å². The van der Waals surface area contributed by atoms with Crippen LogP contribution in [0, 0.1) is 5.92 Å². The van der Waals surface area contributed by atoms with E-state index in [-0.39, 0.29) is 0 Å². The SMILES string of the molecule is CC.CCN(C)CC(C)COC(C)F. The predicted molar refractivity (Wildman–Crippen MR) is 60.2 cm³/mol. The van der Waals surface area contributed by atoms with Crippen LogP contribution in [0.15, 0.2) is 0 Å². The molecule has 0 aromatic heterocycles. The number of alkyl halides is 1. The Bertz CT molecular complexity index is 109. The Kier molecular flexibility index (Phi) is 12.7. The van der Waals surface area contributed by atoms with Gasteiger partial charge in [-0.2, -0.15) is 0 Å². The third-order valence-corrected chi connectivity index (χ3v) is 1.77. The molecule has 0 aliphatic carbocycles. The van der Waals surface area contributed by atoms with Crippen molar-refractivity contribution in [1.29, 1.82) is 0 Å². The molecule has 2 unspecified atom stereocenters. The molecule has 2 nitrogen and oxygen atoms in total. The van der Waals surface area contributed by atoms with Crippen molar-refractivity contribution >= 4 is 0 Å². The fourth-order valence-electron chi connectivity index (χ4n) is 1.01. The molecule has 0 radical (unpaired) electrons. The largest absolute Gasteiger partial charge is 0.348 e. The highest BCUT2D eigenvalue weighted by Gasteiger charge is 2.06. The zero-order chi connectivity index (χ0) is 11.6. The maximum Gasteiger partial charge on any atom is 0.195 e. The highest BCUT2D eigenvalue weighted by Crippen LogP contribution is 2.01. The van der Waals surface area contributed by atoms with Gasteiger partial charge in [-0.3, -0.25) is 0 Å². The lowest BCUT2D eigenvalue weighted by Gasteiger charge is -2.19. The molecule has 0 saturated heterocycles. The van der Waals surface area contributed by atoms with Crippen molar-refractivity contribution in [1.82, 2.24) is 4.90 Å².